The fourth-order valence-corrected chi connectivity index (χ4v) is 4.18. The summed E-state index contributed by atoms with van der Waals surface area (Å²) in [4.78, 5) is 20.0. The standard InChI is InChI=1S/C16H13ClFN5O3S2/c1-2-12-22-23-15(27-12)21-14(24)13-11(17)7-19-16(20-13)28(25,26)8-9-3-5-10(18)6-4-9/h3-7H,2,8H2,1H3,(H,21,23,24). The quantitative estimate of drug-likeness (QED) is 0.584. The van der Waals surface area contributed by atoms with Crippen molar-refractivity contribution in [3.8, 4) is 0 Å². The number of halogens is 2. The van der Waals surface area contributed by atoms with E-state index in [0.717, 1.165) is 23.3 Å². The number of carbonyl (C=O) groups is 1. The number of nitrogens with zero attached hydrogens (tertiary/aromatic N) is 4. The number of carbonyl (C=O) groups excluding carboxylic acids is 1. The molecule has 1 aromatic carbocycles. The zero-order chi connectivity index (χ0) is 20.3. The molecule has 3 aromatic rings. The number of sulfone groups is 1. The monoisotopic (exact) mass is 441 g/mol. The summed E-state index contributed by atoms with van der Waals surface area (Å²) in [5, 5.41) is 10.5. The number of hydrogen-bond donors (Lipinski definition) is 1. The van der Waals surface area contributed by atoms with Crippen LogP contribution in [0.5, 0.6) is 0 Å². The van der Waals surface area contributed by atoms with Gasteiger partial charge in [-0.05, 0) is 24.1 Å². The van der Waals surface area contributed by atoms with Crippen LogP contribution in [0.3, 0.4) is 0 Å². The number of anilines is 1. The van der Waals surface area contributed by atoms with E-state index >= 15 is 0 Å². The molecule has 0 fully saturated rings. The lowest BCUT2D eigenvalue weighted by Crippen LogP contribution is -2.18. The van der Waals surface area contributed by atoms with E-state index in [0.29, 0.717) is 12.0 Å². The molecule has 1 N–H and O–H groups in total. The Balaban J connectivity index is 1.85. The van der Waals surface area contributed by atoms with E-state index in [-0.39, 0.29) is 15.8 Å². The van der Waals surface area contributed by atoms with Crippen LogP contribution in [0.1, 0.15) is 28.0 Å². The van der Waals surface area contributed by atoms with Gasteiger partial charge in [-0.25, -0.2) is 22.8 Å². The van der Waals surface area contributed by atoms with Gasteiger partial charge in [-0.3, -0.25) is 10.1 Å². The largest absolute Gasteiger partial charge is 0.295 e. The molecule has 0 spiro atoms. The minimum absolute atomic E-state index is 0.113. The summed E-state index contributed by atoms with van der Waals surface area (Å²) in [6, 6.07) is 4.99. The van der Waals surface area contributed by atoms with Crippen molar-refractivity contribution in [1.29, 1.82) is 0 Å². The molecule has 2 aromatic heterocycles. The molecule has 0 saturated heterocycles. The average molecular weight is 442 g/mol. The van der Waals surface area contributed by atoms with Crippen LogP contribution >= 0.6 is 22.9 Å². The molecular formula is C16H13ClFN5O3S2. The van der Waals surface area contributed by atoms with Crippen LogP contribution in [0.25, 0.3) is 0 Å². The molecule has 12 heteroatoms. The summed E-state index contributed by atoms with van der Waals surface area (Å²) in [6.45, 7) is 1.89. The van der Waals surface area contributed by atoms with Gasteiger partial charge >= 0.3 is 0 Å². The summed E-state index contributed by atoms with van der Waals surface area (Å²) >= 11 is 7.15. The third-order valence-electron chi connectivity index (χ3n) is 3.47. The predicted molar refractivity (Wildman–Crippen MR) is 102 cm³/mol. The zero-order valence-corrected chi connectivity index (χ0v) is 16.8. The topological polar surface area (TPSA) is 115 Å². The molecule has 0 aliphatic heterocycles. The van der Waals surface area contributed by atoms with E-state index < -0.39 is 32.5 Å². The van der Waals surface area contributed by atoms with Gasteiger partial charge in [-0.15, -0.1) is 10.2 Å². The smallest absolute Gasteiger partial charge is 0.277 e. The molecule has 8 nitrogen and oxygen atoms in total. The molecule has 146 valence electrons. The minimum Gasteiger partial charge on any atom is -0.295 e. The summed E-state index contributed by atoms with van der Waals surface area (Å²) < 4.78 is 38.1. The van der Waals surface area contributed by atoms with Gasteiger partial charge in [0.15, 0.2) is 5.69 Å². The van der Waals surface area contributed by atoms with Gasteiger partial charge in [-0.2, -0.15) is 0 Å². The molecule has 0 radical (unpaired) electrons. The van der Waals surface area contributed by atoms with E-state index in [1.165, 1.54) is 23.5 Å². The van der Waals surface area contributed by atoms with Crippen LogP contribution in [0.2, 0.25) is 5.02 Å². The first-order chi connectivity index (χ1) is 13.3. The Kier molecular flexibility index (Phi) is 5.96. The van der Waals surface area contributed by atoms with Crippen LogP contribution in [0, 0.1) is 5.82 Å². The first-order valence-corrected chi connectivity index (χ1v) is 10.8. The number of benzene rings is 1. The van der Waals surface area contributed by atoms with Crippen molar-refractivity contribution in [2.75, 3.05) is 5.32 Å². The molecule has 0 atom stereocenters. The maximum Gasteiger partial charge on any atom is 0.277 e. The Hall–Kier alpha value is -2.50. The van der Waals surface area contributed by atoms with E-state index in [9.17, 15) is 17.6 Å². The second-order valence-electron chi connectivity index (χ2n) is 5.54. The number of aryl methyl sites for hydroxylation is 1. The van der Waals surface area contributed by atoms with E-state index in [4.69, 9.17) is 11.6 Å². The first-order valence-electron chi connectivity index (χ1n) is 7.92. The summed E-state index contributed by atoms with van der Waals surface area (Å²) in [6.07, 6.45) is 1.70. The highest BCUT2D eigenvalue weighted by Gasteiger charge is 2.23. The van der Waals surface area contributed by atoms with Crippen LogP contribution in [0.15, 0.2) is 35.6 Å². The highest BCUT2D eigenvalue weighted by atomic mass is 35.5. The minimum atomic E-state index is -3.98. The fourth-order valence-electron chi connectivity index (χ4n) is 2.13. The number of amides is 1. The maximum atomic E-state index is 13.0. The number of rotatable bonds is 6. The van der Waals surface area contributed by atoms with Crippen LogP contribution < -0.4 is 5.32 Å². The van der Waals surface area contributed by atoms with Gasteiger partial charge in [0.05, 0.1) is 17.0 Å². The van der Waals surface area contributed by atoms with Gasteiger partial charge in [-0.1, -0.05) is 42.0 Å². The summed E-state index contributed by atoms with van der Waals surface area (Å²) in [7, 11) is -3.98. The van der Waals surface area contributed by atoms with Crippen molar-refractivity contribution >= 4 is 43.8 Å². The SMILES string of the molecule is CCc1nnc(NC(=O)c2nc(S(=O)(=O)Cc3ccc(F)cc3)ncc2Cl)s1. The van der Waals surface area contributed by atoms with Crippen molar-refractivity contribution < 1.29 is 17.6 Å². The molecule has 0 saturated carbocycles. The average Bonchev–Trinajstić information content (AvgIpc) is 3.11. The zero-order valence-electron chi connectivity index (χ0n) is 14.4. The lowest BCUT2D eigenvalue weighted by atomic mass is 10.2. The molecule has 0 bridgehead atoms. The number of aromatic nitrogens is 4. The normalized spacial score (nSPS) is 11.4. The third-order valence-corrected chi connectivity index (χ3v) is 6.20. The highest BCUT2D eigenvalue weighted by molar-refractivity contribution is 7.90. The molecule has 28 heavy (non-hydrogen) atoms. The molecule has 0 aliphatic rings. The Labute approximate surface area is 168 Å². The molecular weight excluding hydrogens is 429 g/mol. The molecule has 2 heterocycles. The van der Waals surface area contributed by atoms with Gasteiger partial charge in [0.1, 0.15) is 10.8 Å². The molecule has 3 rings (SSSR count). The number of nitrogens with one attached hydrogen (secondary N) is 1. The van der Waals surface area contributed by atoms with E-state index in [2.05, 4.69) is 25.5 Å². The van der Waals surface area contributed by atoms with Crippen LogP contribution in [0.4, 0.5) is 9.52 Å². The Morgan fingerprint density at radius 1 is 1.25 bits per heavy atom. The predicted octanol–water partition coefficient (Wildman–Crippen LogP) is 2.91. The third kappa shape index (κ3) is 4.66. The fraction of sp³-hybridized carbons (Fsp3) is 0.188. The molecule has 1 amide bonds. The second-order valence-corrected chi connectivity index (χ2v) is 8.90. The van der Waals surface area contributed by atoms with Gasteiger partial charge in [0.2, 0.25) is 20.1 Å². The van der Waals surface area contributed by atoms with Crippen molar-refractivity contribution in [2.45, 2.75) is 24.3 Å². The van der Waals surface area contributed by atoms with E-state index in [1.807, 2.05) is 6.92 Å². The summed E-state index contributed by atoms with van der Waals surface area (Å²) in [5.41, 5.74) is 0.0505. The van der Waals surface area contributed by atoms with Crippen molar-refractivity contribution in [3.63, 3.8) is 0 Å². The Bertz CT molecular complexity index is 1120. The number of hydrogen-bond acceptors (Lipinski definition) is 8. The Morgan fingerprint density at radius 3 is 2.61 bits per heavy atom. The first kappa shape index (κ1) is 20.2. The van der Waals surface area contributed by atoms with Gasteiger partial charge in [0.25, 0.3) is 5.91 Å². The van der Waals surface area contributed by atoms with Crippen molar-refractivity contribution in [1.82, 2.24) is 20.2 Å². The lowest BCUT2D eigenvalue weighted by molar-refractivity contribution is 0.102. The van der Waals surface area contributed by atoms with Crippen molar-refractivity contribution in [3.05, 3.63) is 57.6 Å². The Morgan fingerprint density at radius 2 is 1.96 bits per heavy atom. The highest BCUT2D eigenvalue weighted by Crippen LogP contribution is 2.21. The van der Waals surface area contributed by atoms with Crippen LogP contribution in [-0.4, -0.2) is 34.5 Å². The molecule has 0 unspecified atom stereocenters. The van der Waals surface area contributed by atoms with E-state index in [1.54, 1.807) is 0 Å². The van der Waals surface area contributed by atoms with Crippen LogP contribution in [-0.2, 0) is 22.0 Å². The van der Waals surface area contributed by atoms with Gasteiger partial charge < -0.3 is 0 Å². The summed E-state index contributed by atoms with van der Waals surface area (Å²) in [5.74, 6) is -1.66. The van der Waals surface area contributed by atoms with Crippen molar-refractivity contribution in [2.24, 2.45) is 0 Å². The molecule has 0 aliphatic carbocycles. The van der Waals surface area contributed by atoms with Gasteiger partial charge in [0, 0.05) is 0 Å². The lowest BCUT2D eigenvalue weighted by Gasteiger charge is -2.07. The maximum absolute atomic E-state index is 13.0. The second kappa shape index (κ2) is 8.25.